The monoisotopic (exact) mass is 442 g/mol. The molecule has 0 aliphatic carbocycles. The van der Waals surface area contributed by atoms with Crippen molar-refractivity contribution in [3.05, 3.63) is 29.3 Å². The Balaban J connectivity index is 1.85. The van der Waals surface area contributed by atoms with E-state index in [0.29, 0.717) is 18.1 Å². The minimum atomic E-state index is -5.28. The van der Waals surface area contributed by atoms with E-state index in [1.54, 1.807) is 5.38 Å². The average molecular weight is 442 g/mol. The number of likely N-dealkylation sites (N-methyl/N-ethyl adjacent to an activating group) is 1. The van der Waals surface area contributed by atoms with Gasteiger partial charge >= 0.3 is 6.18 Å². The van der Waals surface area contributed by atoms with Gasteiger partial charge in [0.05, 0.1) is 5.56 Å². The summed E-state index contributed by atoms with van der Waals surface area (Å²) < 4.78 is 45.7. The highest BCUT2D eigenvalue weighted by atomic mass is 32.1. The molecular weight excluding hydrogens is 421 g/mol. The molecular formula is C19H21F3N4O3S. The number of anilines is 1. The number of rotatable bonds is 4. The SMILES string of the molecule is CNC1CCCCN(c2nc3cc(C(O)(O)C(F)(F)F)cc(-c4nccs4)c3o2)C1. The number of alkyl halides is 3. The first-order valence-corrected chi connectivity index (χ1v) is 10.4. The third-order valence-electron chi connectivity index (χ3n) is 5.29. The fourth-order valence-corrected chi connectivity index (χ4v) is 4.24. The number of aliphatic hydroxyl groups is 2. The van der Waals surface area contributed by atoms with Gasteiger partial charge in [-0.05, 0) is 32.0 Å². The first-order valence-electron chi connectivity index (χ1n) is 9.49. The maximum Gasteiger partial charge on any atom is 0.447 e. The number of nitrogens with zero attached hydrogens (tertiary/aromatic N) is 3. The Morgan fingerprint density at radius 1 is 1.27 bits per heavy atom. The first-order chi connectivity index (χ1) is 14.2. The summed E-state index contributed by atoms with van der Waals surface area (Å²) in [5.74, 6) is -4.02. The van der Waals surface area contributed by atoms with Crippen LogP contribution in [0.25, 0.3) is 21.7 Å². The number of hydrogen-bond donors (Lipinski definition) is 3. The van der Waals surface area contributed by atoms with E-state index in [0.717, 1.165) is 31.4 Å². The molecule has 1 atom stereocenters. The van der Waals surface area contributed by atoms with E-state index in [1.807, 2.05) is 11.9 Å². The van der Waals surface area contributed by atoms with Gasteiger partial charge < -0.3 is 24.8 Å². The number of benzene rings is 1. The van der Waals surface area contributed by atoms with Gasteiger partial charge in [-0.15, -0.1) is 11.3 Å². The van der Waals surface area contributed by atoms with E-state index >= 15 is 0 Å². The summed E-state index contributed by atoms with van der Waals surface area (Å²) >= 11 is 1.20. The lowest BCUT2D eigenvalue weighted by Gasteiger charge is -2.25. The average Bonchev–Trinajstić information content (AvgIpc) is 3.31. The Morgan fingerprint density at radius 3 is 2.73 bits per heavy atom. The first kappa shape index (κ1) is 21.0. The van der Waals surface area contributed by atoms with Crippen molar-refractivity contribution in [2.24, 2.45) is 0 Å². The third-order valence-corrected chi connectivity index (χ3v) is 6.10. The van der Waals surface area contributed by atoms with Crippen LogP contribution >= 0.6 is 11.3 Å². The van der Waals surface area contributed by atoms with Crippen LogP contribution in [0.1, 0.15) is 24.8 Å². The lowest BCUT2D eigenvalue weighted by molar-refractivity contribution is -0.358. The van der Waals surface area contributed by atoms with Crippen LogP contribution in [-0.4, -0.2) is 52.5 Å². The second-order valence-electron chi connectivity index (χ2n) is 7.30. The molecule has 1 fully saturated rings. The number of fused-ring (bicyclic) bond motifs is 1. The van der Waals surface area contributed by atoms with Crippen molar-refractivity contribution in [2.45, 2.75) is 37.3 Å². The number of halogens is 3. The van der Waals surface area contributed by atoms with Crippen LogP contribution in [0.15, 0.2) is 28.1 Å². The van der Waals surface area contributed by atoms with Crippen LogP contribution < -0.4 is 10.2 Å². The summed E-state index contributed by atoms with van der Waals surface area (Å²) in [4.78, 5) is 10.5. The molecule has 1 aromatic carbocycles. The van der Waals surface area contributed by atoms with Crippen LogP contribution in [0.2, 0.25) is 0 Å². The van der Waals surface area contributed by atoms with Crippen molar-refractivity contribution in [1.29, 1.82) is 0 Å². The number of aromatic nitrogens is 2. The smallest absolute Gasteiger partial charge is 0.423 e. The molecule has 0 saturated carbocycles. The Kier molecular flexibility index (Phi) is 5.47. The van der Waals surface area contributed by atoms with Crippen LogP contribution in [0.4, 0.5) is 19.2 Å². The molecule has 7 nitrogen and oxygen atoms in total. The summed E-state index contributed by atoms with van der Waals surface area (Å²) in [5, 5.41) is 24.9. The van der Waals surface area contributed by atoms with Crippen molar-refractivity contribution in [3.63, 3.8) is 0 Å². The van der Waals surface area contributed by atoms with E-state index in [9.17, 15) is 23.4 Å². The molecule has 0 spiro atoms. The molecule has 3 heterocycles. The van der Waals surface area contributed by atoms with Crippen LogP contribution in [-0.2, 0) is 5.79 Å². The predicted molar refractivity (Wildman–Crippen MR) is 106 cm³/mol. The fraction of sp³-hybridized carbons (Fsp3) is 0.474. The van der Waals surface area contributed by atoms with Gasteiger partial charge in [-0.3, -0.25) is 0 Å². The zero-order chi connectivity index (χ0) is 21.5. The highest BCUT2D eigenvalue weighted by molar-refractivity contribution is 7.13. The fourth-order valence-electron chi connectivity index (χ4n) is 3.59. The second-order valence-corrected chi connectivity index (χ2v) is 8.20. The largest absolute Gasteiger partial charge is 0.447 e. The molecule has 1 aliphatic heterocycles. The highest BCUT2D eigenvalue weighted by Crippen LogP contribution is 2.41. The van der Waals surface area contributed by atoms with Gasteiger partial charge in [-0.2, -0.15) is 18.2 Å². The minimum absolute atomic E-state index is 0.106. The Hall–Kier alpha value is -2.21. The maximum atomic E-state index is 13.2. The normalized spacial score (nSPS) is 18.7. The molecule has 0 amide bonds. The molecule has 3 N–H and O–H groups in total. The molecule has 1 saturated heterocycles. The van der Waals surface area contributed by atoms with E-state index in [1.165, 1.54) is 17.5 Å². The minimum Gasteiger partial charge on any atom is -0.423 e. The summed E-state index contributed by atoms with van der Waals surface area (Å²) in [6.45, 7) is 1.35. The molecule has 0 bridgehead atoms. The van der Waals surface area contributed by atoms with Gasteiger partial charge in [0.1, 0.15) is 10.5 Å². The van der Waals surface area contributed by atoms with Gasteiger partial charge in [0.15, 0.2) is 5.58 Å². The number of thiazole rings is 1. The van der Waals surface area contributed by atoms with Gasteiger partial charge in [0, 0.05) is 36.3 Å². The van der Waals surface area contributed by atoms with Crippen molar-refractivity contribution >= 4 is 28.5 Å². The molecule has 30 heavy (non-hydrogen) atoms. The van der Waals surface area contributed by atoms with Crippen LogP contribution in [0, 0.1) is 0 Å². The van der Waals surface area contributed by atoms with Gasteiger partial charge in [0.25, 0.3) is 11.8 Å². The lowest BCUT2D eigenvalue weighted by Crippen LogP contribution is -2.42. The Labute approximate surface area is 174 Å². The van der Waals surface area contributed by atoms with E-state index in [2.05, 4.69) is 15.3 Å². The van der Waals surface area contributed by atoms with E-state index < -0.39 is 17.5 Å². The third kappa shape index (κ3) is 3.78. The van der Waals surface area contributed by atoms with Crippen LogP contribution in [0.5, 0.6) is 0 Å². The Morgan fingerprint density at radius 2 is 2.07 bits per heavy atom. The predicted octanol–water partition coefficient (Wildman–Crippen LogP) is 3.23. The summed E-state index contributed by atoms with van der Waals surface area (Å²) in [6, 6.07) is 2.57. The molecule has 11 heteroatoms. The Bertz CT molecular complexity index is 1020. The van der Waals surface area contributed by atoms with E-state index in [-0.39, 0.29) is 28.7 Å². The summed E-state index contributed by atoms with van der Waals surface area (Å²) in [7, 11) is 1.88. The molecule has 3 aromatic rings. The molecule has 162 valence electrons. The quantitative estimate of drug-likeness (QED) is 0.534. The molecule has 0 radical (unpaired) electrons. The molecule has 2 aromatic heterocycles. The number of hydrogen-bond acceptors (Lipinski definition) is 8. The van der Waals surface area contributed by atoms with Gasteiger partial charge in [0.2, 0.25) is 0 Å². The molecule has 1 aliphatic rings. The van der Waals surface area contributed by atoms with Crippen molar-refractivity contribution in [2.75, 3.05) is 25.0 Å². The molecule has 1 unspecified atom stereocenters. The van der Waals surface area contributed by atoms with Crippen LogP contribution in [0.3, 0.4) is 0 Å². The maximum absolute atomic E-state index is 13.2. The molecule has 4 rings (SSSR count). The standard InChI is InChI=1S/C19H21F3N4O3S/c1-23-12-4-2-3-6-26(10-12)17-25-14-9-11(18(27,28)19(20,21)22)8-13(15(14)29-17)16-24-5-7-30-16/h5,7-9,12,23,27-28H,2-4,6,10H2,1H3. The van der Waals surface area contributed by atoms with Gasteiger partial charge in [-0.25, -0.2) is 4.98 Å². The number of nitrogens with one attached hydrogen (secondary N) is 1. The van der Waals surface area contributed by atoms with Crippen molar-refractivity contribution in [1.82, 2.24) is 15.3 Å². The summed E-state index contributed by atoms with van der Waals surface area (Å²) in [6.07, 6.45) is -0.786. The topological polar surface area (TPSA) is 94.7 Å². The highest BCUT2D eigenvalue weighted by Gasteiger charge is 2.54. The zero-order valence-corrected chi connectivity index (χ0v) is 16.9. The van der Waals surface area contributed by atoms with E-state index in [4.69, 9.17) is 4.42 Å². The lowest BCUT2D eigenvalue weighted by atomic mass is 10.0. The second kappa shape index (κ2) is 7.80. The van der Waals surface area contributed by atoms with Crippen molar-refractivity contribution < 1.29 is 27.8 Å². The van der Waals surface area contributed by atoms with Crippen molar-refractivity contribution in [3.8, 4) is 10.6 Å². The number of oxazole rings is 1. The summed E-state index contributed by atoms with van der Waals surface area (Å²) in [5.41, 5.74) is -0.147. The zero-order valence-electron chi connectivity index (χ0n) is 16.1. The van der Waals surface area contributed by atoms with Gasteiger partial charge in [-0.1, -0.05) is 6.42 Å².